The van der Waals surface area contributed by atoms with Gasteiger partial charge in [0.2, 0.25) is 5.91 Å². The number of carbonyl (C=O) groups is 1. The molecule has 1 saturated heterocycles. The smallest absolute Gasteiger partial charge is 0.228 e. The van der Waals surface area contributed by atoms with E-state index >= 15 is 0 Å². The lowest BCUT2D eigenvalue weighted by molar-refractivity contribution is -0.119. The summed E-state index contributed by atoms with van der Waals surface area (Å²) in [6.45, 7) is 2.25. The van der Waals surface area contributed by atoms with Gasteiger partial charge in [0.25, 0.3) is 0 Å². The first-order valence-electron chi connectivity index (χ1n) is 8.10. The Hall–Kier alpha value is -2.33. The summed E-state index contributed by atoms with van der Waals surface area (Å²) in [6.07, 6.45) is 1.73. The van der Waals surface area contributed by atoms with Crippen molar-refractivity contribution in [3.05, 3.63) is 60.2 Å². The fourth-order valence-electron chi connectivity index (χ4n) is 2.73. The summed E-state index contributed by atoms with van der Waals surface area (Å²) in [4.78, 5) is 12.3. The molecule has 0 spiro atoms. The molecule has 0 unspecified atom stereocenters. The Morgan fingerprint density at radius 1 is 1.13 bits per heavy atom. The van der Waals surface area contributed by atoms with Gasteiger partial charge in [-0.2, -0.15) is 0 Å². The second kappa shape index (κ2) is 7.79. The minimum absolute atomic E-state index is 0.0485. The molecular formula is C19H22N2O2. The Morgan fingerprint density at radius 3 is 2.70 bits per heavy atom. The lowest BCUT2D eigenvalue weighted by Gasteiger charge is -2.14. The number of nitrogens with one attached hydrogen (secondary N) is 2. The quantitative estimate of drug-likeness (QED) is 0.862. The highest BCUT2D eigenvalue weighted by molar-refractivity contribution is 5.94. The third-order valence-electron chi connectivity index (χ3n) is 4.07. The average molecular weight is 310 g/mol. The highest BCUT2D eigenvalue weighted by Gasteiger charge is 2.23. The van der Waals surface area contributed by atoms with Gasteiger partial charge in [-0.15, -0.1) is 0 Å². The molecule has 1 aliphatic rings. The minimum atomic E-state index is 0.0485. The van der Waals surface area contributed by atoms with Crippen LogP contribution in [0.3, 0.4) is 0 Å². The summed E-state index contributed by atoms with van der Waals surface area (Å²) in [6, 6.07) is 17.8. The van der Waals surface area contributed by atoms with Crippen molar-refractivity contribution in [3.8, 4) is 5.75 Å². The van der Waals surface area contributed by atoms with Crippen LogP contribution in [0.1, 0.15) is 12.0 Å². The van der Waals surface area contributed by atoms with Gasteiger partial charge in [0.05, 0.1) is 18.2 Å². The van der Waals surface area contributed by atoms with Gasteiger partial charge in [-0.25, -0.2) is 0 Å². The zero-order valence-electron chi connectivity index (χ0n) is 13.1. The zero-order chi connectivity index (χ0) is 15.9. The third kappa shape index (κ3) is 4.33. The SMILES string of the molecule is O=C(Nc1ccccc1OCCc1ccccc1)[C@@H]1CCNC1. The van der Waals surface area contributed by atoms with Crippen molar-refractivity contribution < 1.29 is 9.53 Å². The summed E-state index contributed by atoms with van der Waals surface area (Å²) >= 11 is 0. The van der Waals surface area contributed by atoms with E-state index < -0.39 is 0 Å². The lowest BCUT2D eigenvalue weighted by Crippen LogP contribution is -2.24. The molecule has 0 radical (unpaired) electrons. The van der Waals surface area contributed by atoms with E-state index in [0.29, 0.717) is 6.61 Å². The molecule has 1 fully saturated rings. The van der Waals surface area contributed by atoms with E-state index in [2.05, 4.69) is 22.8 Å². The molecule has 2 aromatic rings. The lowest BCUT2D eigenvalue weighted by atomic mass is 10.1. The molecule has 1 atom stereocenters. The fourth-order valence-corrected chi connectivity index (χ4v) is 2.73. The summed E-state index contributed by atoms with van der Waals surface area (Å²) in [5.74, 6) is 0.837. The first kappa shape index (κ1) is 15.6. The first-order chi connectivity index (χ1) is 11.3. The van der Waals surface area contributed by atoms with Gasteiger partial charge in [-0.05, 0) is 30.7 Å². The van der Waals surface area contributed by atoms with Crippen molar-refractivity contribution in [3.63, 3.8) is 0 Å². The summed E-state index contributed by atoms with van der Waals surface area (Å²) in [5.41, 5.74) is 1.99. The van der Waals surface area contributed by atoms with Crippen molar-refractivity contribution in [1.29, 1.82) is 0 Å². The van der Waals surface area contributed by atoms with Gasteiger partial charge in [0.15, 0.2) is 0 Å². The molecule has 120 valence electrons. The van der Waals surface area contributed by atoms with E-state index in [1.165, 1.54) is 5.56 Å². The van der Waals surface area contributed by atoms with Crippen LogP contribution < -0.4 is 15.4 Å². The first-order valence-corrected chi connectivity index (χ1v) is 8.10. The zero-order valence-corrected chi connectivity index (χ0v) is 13.1. The number of para-hydroxylation sites is 2. The van der Waals surface area contributed by atoms with Crippen LogP contribution in [0, 0.1) is 5.92 Å². The fraction of sp³-hybridized carbons (Fsp3) is 0.316. The standard InChI is InChI=1S/C19H22N2O2/c22-19(16-10-12-20-14-16)21-17-8-4-5-9-18(17)23-13-11-15-6-2-1-3-7-15/h1-9,16,20H,10-14H2,(H,21,22)/t16-/m1/s1. The summed E-state index contributed by atoms with van der Waals surface area (Å²) in [7, 11) is 0. The molecule has 2 aromatic carbocycles. The van der Waals surface area contributed by atoms with Crippen molar-refractivity contribution >= 4 is 11.6 Å². The van der Waals surface area contributed by atoms with Crippen molar-refractivity contribution in [1.82, 2.24) is 5.32 Å². The molecule has 1 heterocycles. The van der Waals surface area contributed by atoms with Gasteiger partial charge < -0.3 is 15.4 Å². The molecule has 4 nitrogen and oxygen atoms in total. The minimum Gasteiger partial charge on any atom is -0.491 e. The Kier molecular flexibility index (Phi) is 5.27. The Balaban J connectivity index is 1.58. The number of carbonyl (C=O) groups excluding carboxylic acids is 1. The van der Waals surface area contributed by atoms with Crippen molar-refractivity contribution in [2.24, 2.45) is 5.92 Å². The highest BCUT2D eigenvalue weighted by atomic mass is 16.5. The molecule has 1 aliphatic heterocycles. The second-order valence-electron chi connectivity index (χ2n) is 5.76. The molecule has 0 saturated carbocycles. The Bertz CT molecular complexity index is 637. The monoisotopic (exact) mass is 310 g/mol. The highest BCUT2D eigenvalue weighted by Crippen LogP contribution is 2.25. The predicted octanol–water partition coefficient (Wildman–Crippen LogP) is 2.86. The second-order valence-corrected chi connectivity index (χ2v) is 5.76. The number of hydrogen-bond acceptors (Lipinski definition) is 3. The van der Waals surface area contributed by atoms with E-state index in [0.717, 1.165) is 37.4 Å². The molecule has 0 bridgehead atoms. The largest absolute Gasteiger partial charge is 0.491 e. The number of anilines is 1. The molecule has 1 amide bonds. The van der Waals surface area contributed by atoms with Crippen molar-refractivity contribution in [2.45, 2.75) is 12.8 Å². The molecule has 4 heteroatoms. The molecule has 2 N–H and O–H groups in total. The number of amides is 1. The number of benzene rings is 2. The summed E-state index contributed by atoms with van der Waals surface area (Å²) < 4.78 is 5.87. The van der Waals surface area contributed by atoms with E-state index in [1.807, 2.05) is 42.5 Å². The van der Waals surface area contributed by atoms with Crippen molar-refractivity contribution in [2.75, 3.05) is 25.0 Å². The van der Waals surface area contributed by atoms with Gasteiger partial charge in [-0.3, -0.25) is 4.79 Å². The Labute approximate surface area is 136 Å². The van der Waals surface area contributed by atoms with E-state index in [1.54, 1.807) is 0 Å². The van der Waals surface area contributed by atoms with Crippen LogP contribution >= 0.6 is 0 Å². The van der Waals surface area contributed by atoms with Crippen LogP contribution in [0.4, 0.5) is 5.69 Å². The number of rotatable bonds is 6. The summed E-state index contributed by atoms with van der Waals surface area (Å²) in [5, 5.41) is 6.21. The molecule has 3 rings (SSSR count). The van der Waals surface area contributed by atoms with Gasteiger partial charge in [-0.1, -0.05) is 42.5 Å². The maximum atomic E-state index is 12.3. The normalized spacial score (nSPS) is 17.0. The van der Waals surface area contributed by atoms with Gasteiger partial charge >= 0.3 is 0 Å². The van der Waals surface area contributed by atoms with Crippen LogP contribution in [-0.4, -0.2) is 25.6 Å². The van der Waals surface area contributed by atoms with Gasteiger partial charge in [0.1, 0.15) is 5.75 Å². The number of ether oxygens (including phenoxy) is 1. The topological polar surface area (TPSA) is 50.4 Å². The van der Waals surface area contributed by atoms with Crippen LogP contribution in [-0.2, 0) is 11.2 Å². The average Bonchev–Trinajstić information content (AvgIpc) is 3.12. The van der Waals surface area contributed by atoms with Crippen LogP contribution in [0.2, 0.25) is 0 Å². The maximum Gasteiger partial charge on any atom is 0.228 e. The van der Waals surface area contributed by atoms with Gasteiger partial charge in [0, 0.05) is 13.0 Å². The van der Waals surface area contributed by atoms with E-state index in [4.69, 9.17) is 4.74 Å². The molecule has 0 aliphatic carbocycles. The molecule has 23 heavy (non-hydrogen) atoms. The van der Waals surface area contributed by atoms with Crippen LogP contribution in [0.5, 0.6) is 5.75 Å². The predicted molar refractivity (Wildman–Crippen MR) is 91.7 cm³/mol. The molecule has 0 aromatic heterocycles. The molecular weight excluding hydrogens is 288 g/mol. The third-order valence-corrected chi connectivity index (χ3v) is 4.07. The van der Waals surface area contributed by atoms with E-state index in [9.17, 15) is 4.79 Å². The Morgan fingerprint density at radius 2 is 1.91 bits per heavy atom. The van der Waals surface area contributed by atoms with E-state index in [-0.39, 0.29) is 11.8 Å². The van der Waals surface area contributed by atoms with Crippen LogP contribution in [0.15, 0.2) is 54.6 Å². The number of hydrogen-bond donors (Lipinski definition) is 2. The van der Waals surface area contributed by atoms with Crippen LogP contribution in [0.25, 0.3) is 0 Å². The maximum absolute atomic E-state index is 12.3.